The van der Waals surface area contributed by atoms with Crippen molar-refractivity contribution >= 4 is 5.88 Å². The van der Waals surface area contributed by atoms with Gasteiger partial charge in [0, 0.05) is 38.3 Å². The third kappa shape index (κ3) is 3.19. The molecule has 3 aromatic rings. The SMILES string of the molecule is N#Cc1nc(-c2ccco2)oc1N1CCN(Cc2ccccc2F)CC1. The zero-order chi connectivity index (χ0) is 17.9. The first-order chi connectivity index (χ1) is 12.7. The lowest BCUT2D eigenvalue weighted by atomic mass is 10.2. The molecule has 0 N–H and O–H groups in total. The maximum absolute atomic E-state index is 13.8. The van der Waals surface area contributed by atoms with Crippen LogP contribution in [-0.2, 0) is 6.54 Å². The number of halogens is 1. The molecule has 26 heavy (non-hydrogen) atoms. The van der Waals surface area contributed by atoms with Gasteiger partial charge in [0.05, 0.1) is 6.26 Å². The molecule has 0 unspecified atom stereocenters. The molecule has 0 saturated carbocycles. The molecule has 0 atom stereocenters. The molecule has 132 valence electrons. The Labute approximate surface area is 150 Å². The maximum atomic E-state index is 13.8. The molecule has 2 aromatic heterocycles. The lowest BCUT2D eigenvalue weighted by Crippen LogP contribution is -2.46. The molecular formula is C19H17FN4O2. The summed E-state index contributed by atoms with van der Waals surface area (Å²) in [6, 6.07) is 12.4. The van der Waals surface area contributed by atoms with Crippen LogP contribution in [-0.4, -0.2) is 36.1 Å². The molecule has 6 nitrogen and oxygen atoms in total. The van der Waals surface area contributed by atoms with Crippen LogP contribution < -0.4 is 4.90 Å². The van der Waals surface area contributed by atoms with E-state index in [1.165, 1.54) is 12.3 Å². The monoisotopic (exact) mass is 352 g/mol. The molecule has 3 heterocycles. The van der Waals surface area contributed by atoms with Crippen LogP contribution in [0.4, 0.5) is 10.3 Å². The normalized spacial score (nSPS) is 15.2. The molecule has 1 aromatic carbocycles. The third-order valence-electron chi connectivity index (χ3n) is 4.46. The summed E-state index contributed by atoms with van der Waals surface area (Å²) in [6.07, 6.45) is 1.53. The Balaban J connectivity index is 1.45. The van der Waals surface area contributed by atoms with Crippen LogP contribution in [0, 0.1) is 17.1 Å². The Hall–Kier alpha value is -3.11. The van der Waals surface area contributed by atoms with Crippen molar-refractivity contribution in [3.8, 4) is 17.7 Å². The summed E-state index contributed by atoms with van der Waals surface area (Å²) in [5, 5.41) is 9.36. The number of furan rings is 1. The quantitative estimate of drug-likeness (QED) is 0.718. The van der Waals surface area contributed by atoms with Crippen LogP contribution >= 0.6 is 0 Å². The number of nitriles is 1. The van der Waals surface area contributed by atoms with E-state index in [0.29, 0.717) is 42.7 Å². The van der Waals surface area contributed by atoms with E-state index in [-0.39, 0.29) is 11.5 Å². The lowest BCUT2D eigenvalue weighted by Gasteiger charge is -2.34. The van der Waals surface area contributed by atoms with Crippen molar-refractivity contribution in [3.63, 3.8) is 0 Å². The molecule has 1 aliphatic heterocycles. The van der Waals surface area contributed by atoms with E-state index >= 15 is 0 Å². The minimum atomic E-state index is -0.181. The van der Waals surface area contributed by atoms with Gasteiger partial charge >= 0.3 is 0 Å². The first-order valence-corrected chi connectivity index (χ1v) is 8.40. The summed E-state index contributed by atoms with van der Waals surface area (Å²) >= 11 is 0. The summed E-state index contributed by atoms with van der Waals surface area (Å²) in [7, 11) is 0. The van der Waals surface area contributed by atoms with Gasteiger partial charge in [-0.15, -0.1) is 0 Å². The van der Waals surface area contributed by atoms with E-state index in [4.69, 9.17) is 8.83 Å². The summed E-state index contributed by atoms with van der Waals surface area (Å²) in [5.41, 5.74) is 0.942. The maximum Gasteiger partial charge on any atom is 0.266 e. The van der Waals surface area contributed by atoms with Gasteiger partial charge in [-0.1, -0.05) is 18.2 Å². The average Bonchev–Trinajstić information content (AvgIpc) is 3.33. The lowest BCUT2D eigenvalue weighted by molar-refractivity contribution is 0.243. The van der Waals surface area contributed by atoms with Crippen LogP contribution in [0.3, 0.4) is 0 Å². The number of nitrogens with zero attached hydrogens (tertiary/aromatic N) is 4. The molecule has 1 fully saturated rings. The molecule has 1 aliphatic rings. The number of rotatable bonds is 4. The fourth-order valence-electron chi connectivity index (χ4n) is 3.08. The zero-order valence-corrected chi connectivity index (χ0v) is 14.1. The van der Waals surface area contributed by atoms with Crippen LogP contribution in [0.1, 0.15) is 11.3 Å². The van der Waals surface area contributed by atoms with Gasteiger partial charge in [-0.3, -0.25) is 4.90 Å². The van der Waals surface area contributed by atoms with Crippen molar-refractivity contribution in [2.45, 2.75) is 6.54 Å². The van der Waals surface area contributed by atoms with Crippen LogP contribution in [0.2, 0.25) is 0 Å². The van der Waals surface area contributed by atoms with Gasteiger partial charge in [-0.2, -0.15) is 10.2 Å². The Morgan fingerprint density at radius 1 is 1.12 bits per heavy atom. The van der Waals surface area contributed by atoms with E-state index in [1.807, 2.05) is 17.0 Å². The second-order valence-electron chi connectivity index (χ2n) is 6.12. The Morgan fingerprint density at radius 3 is 2.62 bits per heavy atom. The smallest absolute Gasteiger partial charge is 0.266 e. The van der Waals surface area contributed by atoms with E-state index in [1.54, 1.807) is 18.2 Å². The van der Waals surface area contributed by atoms with Crippen molar-refractivity contribution < 1.29 is 13.2 Å². The van der Waals surface area contributed by atoms with Crippen LogP contribution in [0.5, 0.6) is 0 Å². The minimum absolute atomic E-state index is 0.181. The molecule has 7 heteroatoms. The second kappa shape index (κ2) is 7.02. The molecule has 4 rings (SSSR count). The highest BCUT2D eigenvalue weighted by Gasteiger charge is 2.25. The predicted molar refractivity (Wildman–Crippen MR) is 92.8 cm³/mol. The van der Waals surface area contributed by atoms with Crippen molar-refractivity contribution in [1.29, 1.82) is 5.26 Å². The Bertz CT molecular complexity index is 921. The van der Waals surface area contributed by atoms with Crippen LogP contribution in [0.15, 0.2) is 51.5 Å². The molecule has 0 spiro atoms. The summed E-state index contributed by atoms with van der Waals surface area (Å²) in [4.78, 5) is 8.40. The first-order valence-electron chi connectivity index (χ1n) is 8.40. The number of anilines is 1. The topological polar surface area (TPSA) is 69.4 Å². The summed E-state index contributed by atoms with van der Waals surface area (Å²) < 4.78 is 24.9. The zero-order valence-electron chi connectivity index (χ0n) is 14.1. The molecule has 0 aliphatic carbocycles. The third-order valence-corrected chi connectivity index (χ3v) is 4.46. The van der Waals surface area contributed by atoms with Gasteiger partial charge in [0.15, 0.2) is 5.76 Å². The second-order valence-corrected chi connectivity index (χ2v) is 6.12. The number of oxazole rings is 1. The molecule has 1 saturated heterocycles. The Kier molecular flexibility index (Phi) is 4.42. The van der Waals surface area contributed by atoms with E-state index in [0.717, 1.165) is 13.1 Å². The van der Waals surface area contributed by atoms with Gasteiger partial charge in [-0.25, -0.2) is 4.39 Å². The summed E-state index contributed by atoms with van der Waals surface area (Å²) in [6.45, 7) is 3.41. The van der Waals surface area contributed by atoms with Gasteiger partial charge in [-0.05, 0) is 18.2 Å². The minimum Gasteiger partial charge on any atom is -0.459 e. The standard InChI is InChI=1S/C19H17FN4O2/c20-15-5-2-1-4-14(15)13-23-7-9-24(10-8-23)19-16(12-21)22-18(26-19)17-6-3-11-25-17/h1-6,11H,7-10,13H2. The molecular weight excluding hydrogens is 335 g/mol. The van der Waals surface area contributed by atoms with Crippen molar-refractivity contribution in [2.24, 2.45) is 0 Å². The molecule has 0 bridgehead atoms. The highest BCUT2D eigenvalue weighted by Crippen LogP contribution is 2.29. The summed E-state index contributed by atoms with van der Waals surface area (Å²) in [5.74, 6) is 1.07. The fraction of sp³-hybridized carbons (Fsp3) is 0.263. The first kappa shape index (κ1) is 16.4. The highest BCUT2D eigenvalue weighted by molar-refractivity contribution is 5.55. The van der Waals surface area contributed by atoms with Gasteiger partial charge in [0.25, 0.3) is 5.89 Å². The molecule has 0 amide bonds. The Morgan fingerprint density at radius 2 is 1.92 bits per heavy atom. The van der Waals surface area contributed by atoms with E-state index < -0.39 is 0 Å². The fourth-order valence-corrected chi connectivity index (χ4v) is 3.08. The predicted octanol–water partition coefficient (Wildman–Crippen LogP) is 3.27. The number of benzene rings is 1. The largest absolute Gasteiger partial charge is 0.459 e. The number of hydrogen-bond donors (Lipinski definition) is 0. The molecule has 0 radical (unpaired) electrons. The van der Waals surface area contributed by atoms with Crippen molar-refractivity contribution in [3.05, 3.63) is 59.7 Å². The van der Waals surface area contributed by atoms with Gasteiger partial charge in [0.2, 0.25) is 11.6 Å². The van der Waals surface area contributed by atoms with Gasteiger partial charge in [0.1, 0.15) is 11.9 Å². The van der Waals surface area contributed by atoms with E-state index in [9.17, 15) is 9.65 Å². The number of aromatic nitrogens is 1. The number of piperazine rings is 1. The number of hydrogen-bond acceptors (Lipinski definition) is 6. The van der Waals surface area contributed by atoms with Crippen molar-refractivity contribution in [1.82, 2.24) is 9.88 Å². The average molecular weight is 352 g/mol. The van der Waals surface area contributed by atoms with E-state index in [2.05, 4.69) is 16.0 Å². The highest BCUT2D eigenvalue weighted by atomic mass is 19.1. The van der Waals surface area contributed by atoms with Gasteiger partial charge < -0.3 is 13.7 Å². The van der Waals surface area contributed by atoms with Crippen molar-refractivity contribution in [2.75, 3.05) is 31.1 Å². The van der Waals surface area contributed by atoms with Crippen LogP contribution in [0.25, 0.3) is 11.7 Å².